The second-order valence-corrected chi connectivity index (χ2v) is 7.08. The molecule has 8 bridgehead atoms. The summed E-state index contributed by atoms with van der Waals surface area (Å²) in [6.07, 6.45) is 10.6. The summed E-state index contributed by atoms with van der Waals surface area (Å²) in [5, 5.41) is 2.20. The molecular formula is C24H17N5O2. The minimum Gasteiger partial charge on any atom is -0.355 e. The molecule has 0 fully saturated rings. The quantitative estimate of drug-likeness (QED) is 0.339. The monoisotopic (exact) mass is 407 g/mol. The number of carbonyl (C=O) groups is 2. The Bertz CT molecular complexity index is 1360. The van der Waals surface area contributed by atoms with E-state index in [1.54, 1.807) is 0 Å². The lowest BCUT2D eigenvalue weighted by molar-refractivity contribution is -0.133. The van der Waals surface area contributed by atoms with Crippen LogP contribution in [-0.4, -0.2) is 31.6 Å². The lowest BCUT2D eigenvalue weighted by Gasteiger charge is -1.86. The van der Waals surface area contributed by atoms with Gasteiger partial charge in [0.1, 0.15) is 0 Å². The van der Waals surface area contributed by atoms with Crippen molar-refractivity contribution in [3.8, 4) is 0 Å². The van der Waals surface area contributed by atoms with Crippen molar-refractivity contribution in [2.75, 3.05) is 0 Å². The number of nitrogens with one attached hydrogen (secondary N) is 3. The van der Waals surface area contributed by atoms with Crippen molar-refractivity contribution in [1.82, 2.24) is 25.3 Å². The van der Waals surface area contributed by atoms with Crippen molar-refractivity contribution in [2.45, 2.75) is 0 Å². The number of aromatic nitrogens is 4. The van der Waals surface area contributed by atoms with E-state index in [1.807, 2.05) is 42.5 Å². The Balaban J connectivity index is 0.000000250. The maximum atomic E-state index is 10.1. The number of ketones is 1. The molecule has 3 N–H and O–H groups in total. The smallest absolute Gasteiger partial charge is 0.295 e. The Kier molecular flexibility index (Phi) is 4.61. The molecule has 0 saturated carbocycles. The van der Waals surface area contributed by atoms with Gasteiger partial charge in [0.25, 0.3) is 5.91 Å². The number of rotatable bonds is 0. The molecule has 150 valence electrons. The molecule has 0 saturated heterocycles. The van der Waals surface area contributed by atoms with E-state index in [-0.39, 0.29) is 0 Å². The lowest BCUT2D eigenvalue weighted by atomic mass is 10.3. The van der Waals surface area contributed by atoms with Gasteiger partial charge in [0.2, 0.25) is 5.78 Å². The molecule has 0 radical (unpaired) electrons. The number of nitrogens with zero attached hydrogens (tertiary/aromatic N) is 2. The number of aromatic amines is 2. The van der Waals surface area contributed by atoms with Gasteiger partial charge in [0, 0.05) is 34.3 Å². The molecule has 0 atom stereocenters. The van der Waals surface area contributed by atoms with Gasteiger partial charge in [-0.15, -0.1) is 0 Å². The highest BCUT2D eigenvalue weighted by atomic mass is 16.2. The van der Waals surface area contributed by atoms with Crippen molar-refractivity contribution in [2.24, 2.45) is 0 Å². The highest BCUT2D eigenvalue weighted by molar-refractivity contribution is 6.42. The van der Waals surface area contributed by atoms with Crippen LogP contribution in [0.1, 0.15) is 22.8 Å². The molecule has 1 amide bonds. The molecule has 0 aromatic carbocycles. The molecule has 0 spiro atoms. The van der Waals surface area contributed by atoms with Crippen LogP contribution in [0.25, 0.3) is 46.4 Å². The minimum atomic E-state index is -0.542. The number of hydrogen-bond donors (Lipinski definition) is 3. The first kappa shape index (κ1) is 18.5. The number of H-pyrrole nitrogens is 2. The molecule has 31 heavy (non-hydrogen) atoms. The van der Waals surface area contributed by atoms with Gasteiger partial charge in [-0.1, -0.05) is 0 Å². The average molecular weight is 407 g/mol. The van der Waals surface area contributed by atoms with Crippen molar-refractivity contribution >= 4 is 58.1 Å². The second-order valence-electron chi connectivity index (χ2n) is 7.08. The van der Waals surface area contributed by atoms with Gasteiger partial charge in [0.05, 0.1) is 22.8 Å². The van der Waals surface area contributed by atoms with Gasteiger partial charge in [0.15, 0.2) is 0 Å². The Morgan fingerprint density at radius 1 is 0.548 bits per heavy atom. The Labute approximate surface area is 176 Å². The third-order valence-corrected chi connectivity index (χ3v) is 4.71. The third kappa shape index (κ3) is 4.25. The molecule has 3 aliphatic rings. The van der Waals surface area contributed by atoms with Crippen molar-refractivity contribution in [3.05, 3.63) is 83.6 Å². The van der Waals surface area contributed by atoms with Crippen LogP contribution >= 0.6 is 0 Å². The highest BCUT2D eigenvalue weighted by Gasteiger charge is 2.12. The molecule has 7 nitrogen and oxygen atoms in total. The third-order valence-electron chi connectivity index (χ3n) is 4.71. The summed E-state index contributed by atoms with van der Waals surface area (Å²) in [5.41, 5.74) is 7.86. The number of hydrogen-bond acceptors (Lipinski definition) is 4. The number of amides is 1. The molecule has 7 heteroatoms. The topological polar surface area (TPSA) is 104 Å². The fraction of sp³-hybridized carbons (Fsp3) is 0. The van der Waals surface area contributed by atoms with Crippen LogP contribution in [0.4, 0.5) is 0 Å². The van der Waals surface area contributed by atoms with Crippen LogP contribution < -0.4 is 5.32 Å². The van der Waals surface area contributed by atoms with E-state index >= 15 is 0 Å². The largest absolute Gasteiger partial charge is 0.355 e. The summed E-state index contributed by atoms with van der Waals surface area (Å²) in [6, 6.07) is 16.4. The first-order valence-corrected chi connectivity index (χ1v) is 9.67. The molecule has 3 aliphatic heterocycles. The summed E-state index contributed by atoms with van der Waals surface area (Å²) in [5.74, 6) is -1.01. The summed E-state index contributed by atoms with van der Waals surface area (Å²) >= 11 is 0. The number of fused-ring (bicyclic) bond motifs is 8. The summed E-state index contributed by atoms with van der Waals surface area (Å²) < 4.78 is 0. The lowest BCUT2D eigenvalue weighted by Crippen LogP contribution is -2.17. The van der Waals surface area contributed by atoms with E-state index in [2.05, 4.69) is 55.6 Å². The fourth-order valence-electron chi connectivity index (χ4n) is 3.28. The van der Waals surface area contributed by atoms with Gasteiger partial charge in [-0.25, -0.2) is 9.97 Å². The van der Waals surface area contributed by atoms with E-state index in [0.29, 0.717) is 0 Å². The van der Waals surface area contributed by atoms with E-state index < -0.39 is 11.7 Å². The van der Waals surface area contributed by atoms with E-state index in [4.69, 9.17) is 0 Å². The average Bonchev–Trinajstić information content (AvgIpc) is 3.55. The standard InChI is InChI=1S/C20H14N4.C4H3NO2/c1-2-14-10-16-5-6-18(23-16)12-20-8-7-19(24-20)11-17-4-3-15(22-17)9-13(1)21-14;6-3-1-2-5-4(3)7/h1-12,21-22H;1-2H,(H,5,6,7). The second kappa shape index (κ2) is 7.72. The molecule has 6 rings (SSSR count). The van der Waals surface area contributed by atoms with Crippen LogP contribution in [0.15, 0.2) is 60.8 Å². The fourth-order valence-corrected chi connectivity index (χ4v) is 3.28. The SMILES string of the molecule is C1=Cc2cc3ccc(cc4ccc(cc5nc(cc1n2)C=C5)[nH]4)[nH]3.O=C1C=CNC1=O. The van der Waals surface area contributed by atoms with Gasteiger partial charge in [-0.05, 0) is 72.8 Å². The van der Waals surface area contributed by atoms with E-state index in [0.717, 1.165) is 44.8 Å². The van der Waals surface area contributed by atoms with Crippen molar-refractivity contribution in [1.29, 1.82) is 0 Å². The van der Waals surface area contributed by atoms with Crippen LogP contribution in [0.3, 0.4) is 0 Å². The highest BCUT2D eigenvalue weighted by Crippen LogP contribution is 2.17. The predicted octanol–water partition coefficient (Wildman–Crippen LogP) is 3.85. The van der Waals surface area contributed by atoms with E-state index in [1.165, 1.54) is 12.3 Å². The molecule has 6 heterocycles. The van der Waals surface area contributed by atoms with E-state index in [9.17, 15) is 9.59 Å². The predicted molar refractivity (Wildman–Crippen MR) is 121 cm³/mol. The summed E-state index contributed by atoms with van der Waals surface area (Å²) in [7, 11) is 0. The Hall–Kier alpha value is -4.52. The first-order valence-electron chi connectivity index (χ1n) is 9.67. The molecule has 3 aromatic heterocycles. The number of carbonyl (C=O) groups excluding carboxylic acids is 2. The van der Waals surface area contributed by atoms with Gasteiger partial charge < -0.3 is 15.3 Å². The molecule has 3 aromatic rings. The summed E-state index contributed by atoms with van der Waals surface area (Å²) in [6.45, 7) is 0. The zero-order valence-corrected chi connectivity index (χ0v) is 16.3. The van der Waals surface area contributed by atoms with Gasteiger partial charge in [-0.3, -0.25) is 9.59 Å². The van der Waals surface area contributed by atoms with Gasteiger partial charge in [-0.2, -0.15) is 0 Å². The van der Waals surface area contributed by atoms with Gasteiger partial charge >= 0.3 is 0 Å². The minimum absolute atomic E-state index is 0.472. The van der Waals surface area contributed by atoms with Crippen LogP contribution in [0, 0.1) is 0 Å². The van der Waals surface area contributed by atoms with Crippen molar-refractivity contribution in [3.63, 3.8) is 0 Å². The first-order chi connectivity index (χ1) is 15.1. The van der Waals surface area contributed by atoms with Crippen molar-refractivity contribution < 1.29 is 9.59 Å². The zero-order valence-electron chi connectivity index (χ0n) is 16.3. The maximum Gasteiger partial charge on any atom is 0.295 e. The van der Waals surface area contributed by atoms with Crippen LogP contribution in [-0.2, 0) is 9.59 Å². The maximum absolute atomic E-state index is 10.1. The van der Waals surface area contributed by atoms with Crippen LogP contribution in [0.5, 0.6) is 0 Å². The zero-order chi connectivity index (χ0) is 21.2. The normalized spacial score (nSPS) is 13.8. The summed E-state index contributed by atoms with van der Waals surface area (Å²) in [4.78, 5) is 36.1. The van der Waals surface area contributed by atoms with Crippen LogP contribution in [0.2, 0.25) is 0 Å². The Morgan fingerprint density at radius 3 is 1.39 bits per heavy atom. The molecule has 0 unspecified atom stereocenters. The Morgan fingerprint density at radius 2 is 1.00 bits per heavy atom. The molecular weight excluding hydrogens is 390 g/mol. The molecule has 0 aliphatic carbocycles.